The molecule has 1 aliphatic carbocycles. The summed E-state index contributed by atoms with van der Waals surface area (Å²) in [6.45, 7) is 1.27. The van der Waals surface area contributed by atoms with E-state index in [1.807, 2.05) is 29.2 Å². The molecule has 26 heavy (non-hydrogen) atoms. The third kappa shape index (κ3) is 3.34. The molecule has 2 heterocycles. The number of rotatable bonds is 5. The van der Waals surface area contributed by atoms with Crippen molar-refractivity contribution >= 4 is 17.8 Å². The van der Waals surface area contributed by atoms with Gasteiger partial charge in [0.25, 0.3) is 5.91 Å². The van der Waals surface area contributed by atoms with Crippen LogP contribution in [-0.2, 0) is 11.3 Å². The van der Waals surface area contributed by atoms with Crippen molar-refractivity contribution in [2.45, 2.75) is 45.1 Å². The van der Waals surface area contributed by atoms with Crippen molar-refractivity contribution in [2.24, 2.45) is 5.41 Å². The van der Waals surface area contributed by atoms with Gasteiger partial charge in [-0.15, -0.1) is 0 Å². The number of anilines is 1. The normalized spacial score (nSPS) is 18.6. The van der Waals surface area contributed by atoms with Crippen LogP contribution in [-0.4, -0.2) is 38.4 Å². The number of aromatic nitrogens is 3. The zero-order chi connectivity index (χ0) is 18.0. The molecule has 2 aromatic rings. The summed E-state index contributed by atoms with van der Waals surface area (Å²) in [5.74, 6) is 0.375. The van der Waals surface area contributed by atoms with E-state index in [9.17, 15) is 9.59 Å². The van der Waals surface area contributed by atoms with Gasteiger partial charge < -0.3 is 4.90 Å². The third-order valence-corrected chi connectivity index (χ3v) is 5.55. The van der Waals surface area contributed by atoms with Crippen molar-refractivity contribution < 1.29 is 9.59 Å². The first-order valence-electron chi connectivity index (χ1n) is 9.18. The van der Waals surface area contributed by atoms with E-state index in [-0.39, 0.29) is 17.2 Å². The molecule has 0 saturated heterocycles. The molecule has 7 heteroatoms. The summed E-state index contributed by atoms with van der Waals surface area (Å²) in [5, 5.41) is 9.18. The number of carbonyl (C=O) groups is 2. The van der Waals surface area contributed by atoms with Crippen molar-refractivity contribution in [2.75, 3.05) is 11.9 Å². The van der Waals surface area contributed by atoms with Crippen LogP contribution in [0.3, 0.4) is 0 Å². The van der Waals surface area contributed by atoms with Gasteiger partial charge in [0.15, 0.2) is 0 Å². The van der Waals surface area contributed by atoms with Gasteiger partial charge in [-0.3, -0.25) is 14.9 Å². The fourth-order valence-corrected chi connectivity index (χ4v) is 4.32. The van der Waals surface area contributed by atoms with E-state index in [1.54, 1.807) is 0 Å². The van der Waals surface area contributed by atoms with Crippen LogP contribution in [0.4, 0.5) is 5.95 Å². The van der Waals surface area contributed by atoms with E-state index >= 15 is 0 Å². The molecule has 1 aromatic heterocycles. The second-order valence-corrected chi connectivity index (χ2v) is 7.44. The van der Waals surface area contributed by atoms with Gasteiger partial charge >= 0.3 is 0 Å². The maximum absolute atomic E-state index is 12.8. The van der Waals surface area contributed by atoms with Crippen molar-refractivity contribution in [1.29, 1.82) is 0 Å². The lowest BCUT2D eigenvalue weighted by atomic mass is 9.71. The number of nitrogens with zero attached hydrogens (tertiary/aromatic N) is 3. The largest absolute Gasteiger partial charge is 0.334 e. The summed E-state index contributed by atoms with van der Waals surface area (Å²) in [7, 11) is 0. The minimum absolute atomic E-state index is 0.0761. The van der Waals surface area contributed by atoms with Crippen molar-refractivity contribution in [3.63, 3.8) is 0 Å². The lowest BCUT2D eigenvalue weighted by molar-refractivity contribution is -0.119. The average Bonchev–Trinajstić information content (AvgIpc) is 3.24. The Morgan fingerprint density at radius 1 is 1.23 bits per heavy atom. The van der Waals surface area contributed by atoms with Gasteiger partial charge in [0, 0.05) is 25.1 Å². The van der Waals surface area contributed by atoms with Gasteiger partial charge in [0.2, 0.25) is 11.9 Å². The molecule has 0 atom stereocenters. The van der Waals surface area contributed by atoms with Gasteiger partial charge in [-0.1, -0.05) is 37.5 Å². The van der Waals surface area contributed by atoms with E-state index in [0.29, 0.717) is 25.5 Å². The number of nitrogens with one attached hydrogen (secondary N) is 2. The third-order valence-electron chi connectivity index (χ3n) is 5.55. The molecule has 136 valence electrons. The summed E-state index contributed by atoms with van der Waals surface area (Å²) in [5.41, 5.74) is 1.71. The van der Waals surface area contributed by atoms with Crippen LogP contribution < -0.4 is 5.32 Å². The standard InChI is InChI=1S/C19H23N5O2/c25-16(22-18-20-13-21-23-18)10-19(8-4-1-5-9-19)12-24-11-14-6-2-3-7-15(14)17(24)26/h2-3,6-7,13H,1,4-5,8-12H2,(H2,20,21,22,23,25). The second kappa shape index (κ2) is 6.90. The highest BCUT2D eigenvalue weighted by Gasteiger charge is 2.39. The minimum Gasteiger partial charge on any atom is -0.334 e. The average molecular weight is 353 g/mol. The van der Waals surface area contributed by atoms with Crippen LogP contribution in [0.5, 0.6) is 0 Å². The number of hydrogen-bond acceptors (Lipinski definition) is 4. The molecule has 1 aromatic carbocycles. The first-order chi connectivity index (χ1) is 12.7. The highest BCUT2D eigenvalue weighted by Crippen LogP contribution is 2.41. The molecule has 0 bridgehead atoms. The number of carbonyl (C=O) groups excluding carboxylic acids is 2. The fraction of sp³-hybridized carbons (Fsp3) is 0.474. The van der Waals surface area contributed by atoms with Crippen molar-refractivity contribution in [3.8, 4) is 0 Å². The van der Waals surface area contributed by atoms with Crippen LogP contribution in [0.2, 0.25) is 0 Å². The van der Waals surface area contributed by atoms with E-state index < -0.39 is 0 Å². The molecule has 0 spiro atoms. The quantitative estimate of drug-likeness (QED) is 0.865. The summed E-state index contributed by atoms with van der Waals surface area (Å²) >= 11 is 0. The molecule has 1 aliphatic heterocycles. The first-order valence-corrected chi connectivity index (χ1v) is 9.18. The Morgan fingerprint density at radius 3 is 2.77 bits per heavy atom. The number of hydrogen-bond donors (Lipinski definition) is 2. The smallest absolute Gasteiger partial charge is 0.254 e. The molecule has 0 unspecified atom stereocenters. The molecular formula is C19H23N5O2. The lowest BCUT2D eigenvalue weighted by Crippen LogP contribution is -2.41. The number of benzene rings is 1. The van der Waals surface area contributed by atoms with Crippen molar-refractivity contribution in [1.82, 2.24) is 20.1 Å². The Labute approximate surface area is 152 Å². The molecule has 2 N–H and O–H groups in total. The first kappa shape index (κ1) is 16.8. The number of aromatic amines is 1. The fourth-order valence-electron chi connectivity index (χ4n) is 4.32. The summed E-state index contributed by atoms with van der Waals surface area (Å²) in [6, 6.07) is 7.78. The molecule has 1 saturated carbocycles. The van der Waals surface area contributed by atoms with E-state index in [1.165, 1.54) is 12.7 Å². The van der Waals surface area contributed by atoms with Gasteiger partial charge in [-0.05, 0) is 29.9 Å². The topological polar surface area (TPSA) is 91.0 Å². The van der Waals surface area contributed by atoms with Crippen LogP contribution in [0.15, 0.2) is 30.6 Å². The molecule has 4 rings (SSSR count). The van der Waals surface area contributed by atoms with Gasteiger partial charge in [0.05, 0.1) is 0 Å². The predicted molar refractivity (Wildman–Crippen MR) is 96.3 cm³/mol. The highest BCUT2D eigenvalue weighted by atomic mass is 16.2. The summed E-state index contributed by atoms with van der Waals surface area (Å²) in [4.78, 5) is 31.2. The zero-order valence-corrected chi connectivity index (χ0v) is 14.7. The molecule has 1 fully saturated rings. The monoisotopic (exact) mass is 353 g/mol. The van der Waals surface area contributed by atoms with Gasteiger partial charge in [-0.2, -0.15) is 10.1 Å². The van der Waals surface area contributed by atoms with Gasteiger partial charge in [0.1, 0.15) is 6.33 Å². The predicted octanol–water partition coefficient (Wildman–Crippen LogP) is 2.74. The second-order valence-electron chi connectivity index (χ2n) is 7.44. The van der Waals surface area contributed by atoms with E-state index in [2.05, 4.69) is 20.5 Å². The Balaban J connectivity index is 1.48. The Hall–Kier alpha value is -2.70. The van der Waals surface area contributed by atoms with E-state index in [0.717, 1.165) is 36.8 Å². The molecule has 2 amide bonds. The van der Waals surface area contributed by atoms with Crippen molar-refractivity contribution in [3.05, 3.63) is 41.7 Å². The Morgan fingerprint density at radius 2 is 2.04 bits per heavy atom. The molecular weight excluding hydrogens is 330 g/mol. The Kier molecular flexibility index (Phi) is 4.44. The van der Waals surface area contributed by atoms with Crippen LogP contribution in [0.1, 0.15) is 54.4 Å². The summed E-state index contributed by atoms with van der Waals surface area (Å²) < 4.78 is 0. The Bertz CT molecular complexity index is 796. The van der Waals surface area contributed by atoms with Gasteiger partial charge in [-0.25, -0.2) is 5.10 Å². The maximum atomic E-state index is 12.8. The SMILES string of the molecule is O=C(CC1(CN2Cc3ccccc3C2=O)CCCCC1)Nc1ncn[nH]1. The molecule has 2 aliphatic rings. The molecule has 7 nitrogen and oxygen atoms in total. The van der Waals surface area contributed by atoms with Crippen LogP contribution in [0.25, 0.3) is 0 Å². The molecule has 0 radical (unpaired) electrons. The maximum Gasteiger partial charge on any atom is 0.254 e. The lowest BCUT2D eigenvalue weighted by Gasteiger charge is -2.39. The zero-order valence-electron chi connectivity index (χ0n) is 14.7. The summed E-state index contributed by atoms with van der Waals surface area (Å²) in [6.07, 6.45) is 7.10. The number of fused-ring (bicyclic) bond motifs is 1. The number of H-pyrrole nitrogens is 1. The van der Waals surface area contributed by atoms with E-state index in [4.69, 9.17) is 0 Å². The van der Waals surface area contributed by atoms with Crippen LogP contribution >= 0.6 is 0 Å². The van der Waals surface area contributed by atoms with Crippen LogP contribution in [0, 0.1) is 5.41 Å². The highest BCUT2D eigenvalue weighted by molar-refractivity contribution is 5.98. The number of amides is 2. The minimum atomic E-state index is -0.167.